The second kappa shape index (κ2) is 7.23. The molecule has 0 radical (unpaired) electrons. The van der Waals surface area contributed by atoms with Crippen molar-refractivity contribution in [1.29, 1.82) is 0 Å². The highest BCUT2D eigenvalue weighted by Gasteiger charge is 2.26. The first-order chi connectivity index (χ1) is 11.2. The van der Waals surface area contributed by atoms with Crippen molar-refractivity contribution in [2.45, 2.75) is 25.2 Å². The number of carbonyl (C=O) groups is 1. The van der Waals surface area contributed by atoms with Crippen LogP contribution in [0.5, 0.6) is 0 Å². The fraction of sp³-hybridized carbons (Fsp3) is 0.235. The van der Waals surface area contributed by atoms with E-state index in [4.69, 9.17) is 16.7 Å². The van der Waals surface area contributed by atoms with Crippen LogP contribution in [0, 0.1) is 13.8 Å². The summed E-state index contributed by atoms with van der Waals surface area (Å²) in [6.45, 7) is 3.56. The maximum absolute atomic E-state index is 13.0. The van der Waals surface area contributed by atoms with Gasteiger partial charge in [-0.2, -0.15) is 0 Å². The normalized spacial score (nSPS) is 11.3. The maximum atomic E-state index is 13.0. The molecule has 0 aromatic heterocycles. The molecule has 2 aromatic carbocycles. The van der Waals surface area contributed by atoms with Crippen LogP contribution in [0.15, 0.2) is 47.4 Å². The average Bonchev–Trinajstić information content (AvgIpc) is 2.49. The molecule has 0 heterocycles. The lowest BCUT2D eigenvalue weighted by Crippen LogP contribution is -2.33. The molecule has 0 amide bonds. The van der Waals surface area contributed by atoms with Gasteiger partial charge in [0.15, 0.2) is 0 Å². The number of anilines is 1. The van der Waals surface area contributed by atoms with Gasteiger partial charge in [0.25, 0.3) is 10.0 Å². The van der Waals surface area contributed by atoms with Crippen molar-refractivity contribution in [2.24, 2.45) is 0 Å². The summed E-state index contributed by atoms with van der Waals surface area (Å²) < 4.78 is 27.1. The zero-order valence-corrected chi connectivity index (χ0v) is 14.9. The maximum Gasteiger partial charge on any atom is 0.305 e. The largest absolute Gasteiger partial charge is 0.481 e. The summed E-state index contributed by atoms with van der Waals surface area (Å²) in [5.41, 5.74) is 2.23. The SMILES string of the molecule is Cc1ccc(N(CCC(=O)O)S(=O)(=O)c2ccc(Cl)cc2)c(C)c1. The lowest BCUT2D eigenvalue weighted by molar-refractivity contribution is -0.136. The standard InChI is InChI=1S/C17H18ClNO4S/c1-12-3-8-16(13(2)11-12)19(10-9-17(20)21)24(22,23)15-6-4-14(18)5-7-15/h3-8,11H,9-10H2,1-2H3,(H,20,21). The van der Waals surface area contributed by atoms with Crippen LogP contribution in [0.1, 0.15) is 17.5 Å². The van der Waals surface area contributed by atoms with E-state index in [9.17, 15) is 13.2 Å². The molecule has 0 atom stereocenters. The Morgan fingerprint density at radius 1 is 1.12 bits per heavy atom. The van der Waals surface area contributed by atoms with E-state index in [0.717, 1.165) is 15.4 Å². The van der Waals surface area contributed by atoms with Gasteiger partial charge in [0.1, 0.15) is 0 Å². The number of aliphatic carboxylic acids is 1. The highest BCUT2D eigenvalue weighted by atomic mass is 35.5. The van der Waals surface area contributed by atoms with Gasteiger partial charge in [0, 0.05) is 11.6 Å². The highest BCUT2D eigenvalue weighted by Crippen LogP contribution is 2.28. The minimum absolute atomic E-state index is 0.0669. The molecule has 0 spiro atoms. The van der Waals surface area contributed by atoms with Gasteiger partial charge in [-0.15, -0.1) is 0 Å². The van der Waals surface area contributed by atoms with Crippen molar-refractivity contribution in [1.82, 2.24) is 0 Å². The number of aryl methyl sites for hydroxylation is 2. The third-order valence-corrected chi connectivity index (χ3v) is 5.63. The van der Waals surface area contributed by atoms with Gasteiger partial charge in [0.2, 0.25) is 0 Å². The van der Waals surface area contributed by atoms with Gasteiger partial charge >= 0.3 is 5.97 Å². The number of hydrogen-bond acceptors (Lipinski definition) is 3. The predicted molar refractivity (Wildman–Crippen MR) is 94.2 cm³/mol. The summed E-state index contributed by atoms with van der Waals surface area (Å²) >= 11 is 5.82. The second-order valence-corrected chi connectivity index (χ2v) is 7.76. The Hall–Kier alpha value is -2.05. The Morgan fingerprint density at radius 2 is 1.75 bits per heavy atom. The Bertz CT molecular complexity index is 847. The van der Waals surface area contributed by atoms with Gasteiger partial charge in [-0.3, -0.25) is 9.10 Å². The molecule has 0 saturated heterocycles. The van der Waals surface area contributed by atoms with E-state index in [0.29, 0.717) is 10.7 Å². The van der Waals surface area contributed by atoms with Gasteiger partial charge in [-0.1, -0.05) is 29.3 Å². The van der Waals surface area contributed by atoms with E-state index >= 15 is 0 Å². The second-order valence-electron chi connectivity index (χ2n) is 5.46. The average molecular weight is 368 g/mol. The number of carboxylic acids is 1. The Labute approximate surface area is 146 Å². The van der Waals surface area contributed by atoms with Crippen LogP contribution < -0.4 is 4.31 Å². The molecule has 0 bridgehead atoms. The van der Waals surface area contributed by atoms with Crippen molar-refractivity contribution in [3.63, 3.8) is 0 Å². The van der Waals surface area contributed by atoms with E-state index in [1.807, 2.05) is 13.0 Å². The molecule has 0 aliphatic carbocycles. The number of halogens is 1. The number of carboxylic acid groups (broad SMARTS) is 1. The molecule has 2 aromatic rings. The molecule has 7 heteroatoms. The van der Waals surface area contributed by atoms with Crippen molar-refractivity contribution < 1.29 is 18.3 Å². The fourth-order valence-corrected chi connectivity index (χ4v) is 4.04. The number of benzene rings is 2. The Kier molecular flexibility index (Phi) is 5.51. The molecule has 1 N–H and O–H groups in total. The van der Waals surface area contributed by atoms with E-state index in [1.54, 1.807) is 19.1 Å². The van der Waals surface area contributed by atoms with Crippen LogP contribution in [-0.2, 0) is 14.8 Å². The summed E-state index contributed by atoms with van der Waals surface area (Å²) in [7, 11) is -3.89. The minimum Gasteiger partial charge on any atom is -0.481 e. The van der Waals surface area contributed by atoms with Crippen LogP contribution in [0.2, 0.25) is 5.02 Å². The van der Waals surface area contributed by atoms with Crippen molar-refractivity contribution in [2.75, 3.05) is 10.8 Å². The van der Waals surface area contributed by atoms with Crippen LogP contribution in [0.3, 0.4) is 0 Å². The lowest BCUT2D eigenvalue weighted by Gasteiger charge is -2.25. The van der Waals surface area contributed by atoms with E-state index < -0.39 is 16.0 Å². The molecule has 5 nitrogen and oxygen atoms in total. The lowest BCUT2D eigenvalue weighted by atomic mass is 10.1. The third kappa shape index (κ3) is 4.07. The van der Waals surface area contributed by atoms with Crippen LogP contribution in [0.25, 0.3) is 0 Å². The molecule has 128 valence electrons. The van der Waals surface area contributed by atoms with Crippen LogP contribution >= 0.6 is 11.6 Å². The molecular weight excluding hydrogens is 350 g/mol. The predicted octanol–water partition coefficient (Wildman–Crippen LogP) is 3.63. The first kappa shape index (κ1) is 18.3. The summed E-state index contributed by atoms with van der Waals surface area (Å²) in [5.74, 6) is -1.06. The molecule has 0 fully saturated rings. The summed E-state index contributed by atoms with van der Waals surface area (Å²) in [5, 5.41) is 9.38. The zero-order chi connectivity index (χ0) is 17.9. The van der Waals surface area contributed by atoms with Crippen molar-refractivity contribution >= 4 is 33.3 Å². The first-order valence-electron chi connectivity index (χ1n) is 7.29. The van der Waals surface area contributed by atoms with E-state index in [2.05, 4.69) is 0 Å². The Morgan fingerprint density at radius 3 is 2.29 bits per heavy atom. The number of nitrogens with zero attached hydrogens (tertiary/aromatic N) is 1. The van der Waals surface area contributed by atoms with E-state index in [-0.39, 0.29) is 17.9 Å². The quantitative estimate of drug-likeness (QED) is 0.846. The topological polar surface area (TPSA) is 74.7 Å². The molecule has 24 heavy (non-hydrogen) atoms. The molecule has 0 aliphatic rings. The van der Waals surface area contributed by atoms with Gasteiger partial charge in [-0.05, 0) is 49.7 Å². The third-order valence-electron chi connectivity index (χ3n) is 3.55. The summed E-state index contributed by atoms with van der Waals surface area (Å²) in [4.78, 5) is 11.0. The first-order valence-corrected chi connectivity index (χ1v) is 9.11. The van der Waals surface area contributed by atoms with Crippen LogP contribution in [-0.4, -0.2) is 26.0 Å². The number of hydrogen-bond donors (Lipinski definition) is 1. The highest BCUT2D eigenvalue weighted by molar-refractivity contribution is 7.92. The van der Waals surface area contributed by atoms with E-state index in [1.165, 1.54) is 24.3 Å². The van der Waals surface area contributed by atoms with Crippen LogP contribution in [0.4, 0.5) is 5.69 Å². The zero-order valence-electron chi connectivity index (χ0n) is 13.4. The molecule has 2 rings (SSSR count). The van der Waals surface area contributed by atoms with Gasteiger partial charge < -0.3 is 5.11 Å². The van der Waals surface area contributed by atoms with Crippen molar-refractivity contribution in [3.8, 4) is 0 Å². The van der Waals surface area contributed by atoms with Gasteiger partial charge in [0.05, 0.1) is 17.0 Å². The number of sulfonamides is 1. The summed E-state index contributed by atoms with van der Waals surface area (Å²) in [6, 6.07) is 11.2. The molecule has 0 aliphatic heterocycles. The minimum atomic E-state index is -3.89. The Balaban J connectivity index is 2.52. The monoisotopic (exact) mass is 367 g/mol. The number of rotatable bonds is 6. The van der Waals surface area contributed by atoms with Gasteiger partial charge in [-0.25, -0.2) is 8.42 Å². The summed E-state index contributed by atoms with van der Waals surface area (Å²) in [6.07, 6.45) is -0.292. The molecule has 0 saturated carbocycles. The van der Waals surface area contributed by atoms with Crippen molar-refractivity contribution in [3.05, 3.63) is 58.6 Å². The molecule has 0 unspecified atom stereocenters. The smallest absolute Gasteiger partial charge is 0.305 e. The fourth-order valence-electron chi connectivity index (χ4n) is 2.39. The molecular formula is C17H18ClNO4S.